The summed E-state index contributed by atoms with van der Waals surface area (Å²) >= 11 is 5.98. The third-order valence-electron chi connectivity index (χ3n) is 3.38. The molecular formula is C16H19ClN2O4. The van der Waals surface area contributed by atoms with E-state index in [-0.39, 0.29) is 19.2 Å². The minimum Gasteiger partial charge on any atom is -0.487 e. The van der Waals surface area contributed by atoms with Gasteiger partial charge >= 0.3 is 12.0 Å². The molecule has 124 valence electrons. The lowest BCUT2D eigenvalue weighted by molar-refractivity contribution is -0.139. The van der Waals surface area contributed by atoms with Crippen LogP contribution in [-0.4, -0.2) is 31.3 Å². The summed E-state index contributed by atoms with van der Waals surface area (Å²) < 4.78 is 10.7. The Labute approximate surface area is 139 Å². The summed E-state index contributed by atoms with van der Waals surface area (Å²) in [5.74, 6) is 0.126. The first-order valence-electron chi connectivity index (χ1n) is 7.29. The molecule has 0 saturated heterocycles. The molecule has 6 nitrogen and oxygen atoms in total. The van der Waals surface area contributed by atoms with Gasteiger partial charge in [-0.05, 0) is 44.5 Å². The van der Waals surface area contributed by atoms with E-state index in [9.17, 15) is 9.59 Å². The molecule has 0 saturated carbocycles. The summed E-state index contributed by atoms with van der Waals surface area (Å²) in [6, 6.07) is 4.42. The molecule has 0 aliphatic carbocycles. The Bertz CT molecular complexity index is 657. The second-order valence-corrected chi connectivity index (χ2v) is 5.54. The number of amides is 2. The first-order chi connectivity index (χ1) is 10.9. The largest absolute Gasteiger partial charge is 0.487 e. The predicted molar refractivity (Wildman–Crippen MR) is 86.5 cm³/mol. The van der Waals surface area contributed by atoms with Crippen LogP contribution in [0.1, 0.15) is 19.4 Å². The number of hydrogen-bond donors (Lipinski definition) is 2. The monoisotopic (exact) mass is 338 g/mol. The quantitative estimate of drug-likeness (QED) is 0.809. The van der Waals surface area contributed by atoms with E-state index >= 15 is 0 Å². The van der Waals surface area contributed by atoms with E-state index in [0.29, 0.717) is 22.0 Å². The van der Waals surface area contributed by atoms with Crippen molar-refractivity contribution in [3.63, 3.8) is 0 Å². The lowest BCUT2D eigenvalue weighted by Crippen LogP contribution is -2.50. The number of halogens is 1. The van der Waals surface area contributed by atoms with Crippen molar-refractivity contribution in [1.29, 1.82) is 0 Å². The number of rotatable bonds is 5. The van der Waals surface area contributed by atoms with Gasteiger partial charge in [-0.3, -0.25) is 0 Å². The highest BCUT2D eigenvalue weighted by Gasteiger charge is 2.29. The van der Waals surface area contributed by atoms with Crippen LogP contribution in [0.4, 0.5) is 4.79 Å². The normalized spacial score (nSPS) is 17.4. The minimum atomic E-state index is -0.474. The Hall–Kier alpha value is -2.21. The maximum atomic E-state index is 12.1. The Kier molecular flexibility index (Phi) is 5.50. The van der Waals surface area contributed by atoms with Gasteiger partial charge in [0.15, 0.2) is 0 Å². The zero-order valence-corrected chi connectivity index (χ0v) is 14.0. The van der Waals surface area contributed by atoms with Gasteiger partial charge in [0.05, 0.1) is 23.9 Å². The summed E-state index contributed by atoms with van der Waals surface area (Å²) in [5, 5.41) is 5.89. The van der Waals surface area contributed by atoms with Crippen LogP contribution in [0.15, 0.2) is 29.5 Å². The van der Waals surface area contributed by atoms with Crippen LogP contribution in [0.25, 0.3) is 0 Å². The zero-order chi connectivity index (χ0) is 17.0. The molecule has 23 heavy (non-hydrogen) atoms. The first-order valence-corrected chi connectivity index (χ1v) is 7.66. The molecular weight excluding hydrogens is 320 g/mol. The number of carbonyl (C=O) groups is 2. The molecule has 1 aliphatic rings. The standard InChI is InChI=1S/C16H19ClN2O4/c1-4-22-15(20)14-10(3)18-16(21)19-13(14)8-23-11-5-6-12(17)9(2)7-11/h5-7,10H,4,8H2,1-3H3,(H2,18,19,21)/t10-/m0/s1. The average Bonchev–Trinajstić information content (AvgIpc) is 2.48. The van der Waals surface area contributed by atoms with Crippen LogP contribution in [0.3, 0.4) is 0 Å². The number of urea groups is 1. The van der Waals surface area contributed by atoms with Crippen molar-refractivity contribution in [3.8, 4) is 5.75 Å². The van der Waals surface area contributed by atoms with E-state index in [1.54, 1.807) is 32.0 Å². The van der Waals surface area contributed by atoms with Gasteiger partial charge in [-0.2, -0.15) is 0 Å². The maximum absolute atomic E-state index is 12.1. The summed E-state index contributed by atoms with van der Waals surface area (Å²) in [4.78, 5) is 23.7. The second-order valence-electron chi connectivity index (χ2n) is 5.13. The van der Waals surface area contributed by atoms with Gasteiger partial charge in [-0.15, -0.1) is 0 Å². The number of carbonyl (C=O) groups excluding carboxylic acids is 2. The van der Waals surface area contributed by atoms with E-state index in [2.05, 4.69) is 10.6 Å². The topological polar surface area (TPSA) is 76.7 Å². The SMILES string of the molecule is CCOC(=O)C1=C(COc2ccc(Cl)c(C)c2)NC(=O)N[C@H]1C. The molecule has 2 N–H and O–H groups in total. The fourth-order valence-electron chi connectivity index (χ4n) is 2.26. The van der Waals surface area contributed by atoms with Gasteiger partial charge < -0.3 is 20.1 Å². The van der Waals surface area contributed by atoms with Crippen LogP contribution in [0.5, 0.6) is 5.75 Å². The van der Waals surface area contributed by atoms with Crippen LogP contribution in [-0.2, 0) is 9.53 Å². The third-order valence-corrected chi connectivity index (χ3v) is 3.80. The molecule has 2 rings (SSSR count). The highest BCUT2D eigenvalue weighted by Crippen LogP contribution is 2.22. The molecule has 2 amide bonds. The van der Waals surface area contributed by atoms with Crippen LogP contribution >= 0.6 is 11.6 Å². The Morgan fingerprint density at radius 2 is 2.13 bits per heavy atom. The Balaban J connectivity index is 2.20. The van der Waals surface area contributed by atoms with E-state index < -0.39 is 12.0 Å². The highest BCUT2D eigenvalue weighted by molar-refractivity contribution is 6.31. The van der Waals surface area contributed by atoms with Gasteiger partial charge in [0.25, 0.3) is 0 Å². The van der Waals surface area contributed by atoms with Gasteiger partial charge in [0, 0.05) is 5.02 Å². The van der Waals surface area contributed by atoms with Crippen molar-refractivity contribution in [2.24, 2.45) is 0 Å². The smallest absolute Gasteiger partial charge is 0.338 e. The summed E-state index contributed by atoms with van der Waals surface area (Å²) in [6.07, 6.45) is 0. The summed E-state index contributed by atoms with van der Waals surface area (Å²) in [5.41, 5.74) is 1.64. The van der Waals surface area contributed by atoms with E-state index in [1.807, 2.05) is 6.92 Å². The molecule has 1 aromatic carbocycles. The summed E-state index contributed by atoms with van der Waals surface area (Å²) in [7, 11) is 0. The molecule has 0 fully saturated rings. The molecule has 1 atom stereocenters. The average molecular weight is 339 g/mol. The fourth-order valence-corrected chi connectivity index (χ4v) is 2.37. The van der Waals surface area contributed by atoms with Gasteiger partial charge in [-0.25, -0.2) is 9.59 Å². The minimum absolute atomic E-state index is 0.0486. The van der Waals surface area contributed by atoms with Crippen molar-refractivity contribution < 1.29 is 19.1 Å². The maximum Gasteiger partial charge on any atom is 0.338 e. The highest BCUT2D eigenvalue weighted by atomic mass is 35.5. The van der Waals surface area contributed by atoms with Crippen molar-refractivity contribution in [2.45, 2.75) is 26.8 Å². The zero-order valence-electron chi connectivity index (χ0n) is 13.2. The lowest BCUT2D eigenvalue weighted by atomic mass is 10.0. The Morgan fingerprint density at radius 3 is 2.78 bits per heavy atom. The van der Waals surface area contributed by atoms with Crippen molar-refractivity contribution in [1.82, 2.24) is 10.6 Å². The third kappa shape index (κ3) is 4.16. The second kappa shape index (κ2) is 7.37. The van der Waals surface area contributed by atoms with Gasteiger partial charge in [0.1, 0.15) is 12.4 Å². The summed E-state index contributed by atoms with van der Waals surface area (Å²) in [6.45, 7) is 5.62. The van der Waals surface area contributed by atoms with E-state index in [4.69, 9.17) is 21.1 Å². The number of esters is 1. The van der Waals surface area contributed by atoms with Crippen LogP contribution in [0.2, 0.25) is 5.02 Å². The van der Waals surface area contributed by atoms with Gasteiger partial charge in [0.2, 0.25) is 0 Å². The molecule has 0 aromatic heterocycles. The van der Waals surface area contributed by atoms with Crippen LogP contribution in [0, 0.1) is 6.92 Å². The molecule has 0 unspecified atom stereocenters. The molecule has 7 heteroatoms. The van der Waals surface area contributed by atoms with E-state index in [1.165, 1.54) is 0 Å². The van der Waals surface area contributed by atoms with Crippen molar-refractivity contribution in [2.75, 3.05) is 13.2 Å². The number of benzene rings is 1. The number of hydrogen-bond acceptors (Lipinski definition) is 4. The van der Waals surface area contributed by atoms with E-state index in [0.717, 1.165) is 5.56 Å². The van der Waals surface area contributed by atoms with Crippen molar-refractivity contribution >= 4 is 23.6 Å². The number of ether oxygens (including phenoxy) is 2. The number of nitrogens with one attached hydrogen (secondary N) is 2. The molecule has 0 bridgehead atoms. The molecule has 0 radical (unpaired) electrons. The number of aryl methyl sites for hydroxylation is 1. The Morgan fingerprint density at radius 1 is 1.39 bits per heavy atom. The fraction of sp³-hybridized carbons (Fsp3) is 0.375. The van der Waals surface area contributed by atoms with Crippen molar-refractivity contribution in [3.05, 3.63) is 40.1 Å². The first kappa shape index (κ1) is 17.1. The van der Waals surface area contributed by atoms with Gasteiger partial charge in [-0.1, -0.05) is 11.6 Å². The van der Waals surface area contributed by atoms with Crippen LogP contribution < -0.4 is 15.4 Å². The molecule has 1 heterocycles. The molecule has 1 aromatic rings. The molecule has 1 aliphatic heterocycles. The molecule has 0 spiro atoms. The lowest BCUT2D eigenvalue weighted by Gasteiger charge is -2.26. The predicted octanol–water partition coefficient (Wildman–Crippen LogP) is 2.55.